The number of aliphatic hydroxyl groups excluding tert-OH is 1. The van der Waals surface area contributed by atoms with Gasteiger partial charge in [0.15, 0.2) is 5.82 Å². The first-order valence-corrected chi connectivity index (χ1v) is 14.3. The fourth-order valence-electron chi connectivity index (χ4n) is 2.89. The molecule has 0 amide bonds. The van der Waals surface area contributed by atoms with Crippen LogP contribution in [0.4, 0.5) is 0 Å². The quantitative estimate of drug-likeness (QED) is 0.352. The van der Waals surface area contributed by atoms with Crippen LogP contribution in [0.2, 0.25) is 30.7 Å². The first-order chi connectivity index (χ1) is 15.1. The molecule has 2 aromatic heterocycles. The van der Waals surface area contributed by atoms with Gasteiger partial charge in [0.25, 0.3) is 5.56 Å². The third-order valence-electron chi connectivity index (χ3n) is 4.80. The van der Waals surface area contributed by atoms with E-state index in [1.165, 1.54) is 16.8 Å². The lowest BCUT2D eigenvalue weighted by Gasteiger charge is -2.16. The lowest BCUT2D eigenvalue weighted by molar-refractivity contribution is 0.0824. The van der Waals surface area contributed by atoms with Gasteiger partial charge in [0.1, 0.15) is 13.3 Å². The Kier molecular flexibility index (Phi) is 7.83. The van der Waals surface area contributed by atoms with Crippen molar-refractivity contribution < 1.29 is 14.4 Å². The van der Waals surface area contributed by atoms with Crippen LogP contribution in [0.5, 0.6) is 0 Å². The number of rotatable bonds is 10. The molecule has 172 valence electrons. The summed E-state index contributed by atoms with van der Waals surface area (Å²) in [5.74, 6) is 0.362. The largest absolute Gasteiger partial charge is 0.388 e. The van der Waals surface area contributed by atoms with Crippen molar-refractivity contribution >= 4 is 19.7 Å². The van der Waals surface area contributed by atoms with Crippen molar-refractivity contribution in [3.05, 3.63) is 79.7 Å². The highest BCUT2D eigenvalue weighted by Crippen LogP contribution is 2.19. The van der Waals surface area contributed by atoms with E-state index in [4.69, 9.17) is 20.9 Å². The molecule has 0 aliphatic carbocycles. The minimum Gasteiger partial charge on any atom is -0.388 e. The number of benzene rings is 1. The van der Waals surface area contributed by atoms with Gasteiger partial charge >= 0.3 is 5.69 Å². The van der Waals surface area contributed by atoms with Crippen molar-refractivity contribution in [2.24, 2.45) is 0 Å². The molecule has 0 aliphatic heterocycles. The van der Waals surface area contributed by atoms with Gasteiger partial charge in [0.05, 0.1) is 6.10 Å². The smallest absolute Gasteiger partial charge is 0.333 e. The number of nitrogens with zero attached hydrogens (tertiary/aromatic N) is 4. The maximum absolute atomic E-state index is 12.7. The molecule has 0 aliphatic rings. The van der Waals surface area contributed by atoms with Gasteiger partial charge in [-0.25, -0.2) is 4.79 Å². The highest BCUT2D eigenvalue weighted by molar-refractivity contribution is 6.76. The minimum absolute atomic E-state index is 0.0615. The molecule has 0 spiro atoms. The van der Waals surface area contributed by atoms with Crippen LogP contribution < -0.4 is 11.2 Å². The summed E-state index contributed by atoms with van der Waals surface area (Å²) in [6.45, 7) is 7.19. The Bertz CT molecular complexity index is 1150. The van der Waals surface area contributed by atoms with Gasteiger partial charge in [-0.05, 0) is 23.7 Å². The zero-order valence-electron chi connectivity index (χ0n) is 18.3. The van der Waals surface area contributed by atoms with Crippen molar-refractivity contribution in [2.75, 3.05) is 6.61 Å². The summed E-state index contributed by atoms with van der Waals surface area (Å²) in [7, 11) is -1.23. The number of aliphatic hydroxyl groups is 1. The van der Waals surface area contributed by atoms with Gasteiger partial charge in [0.2, 0.25) is 5.89 Å². The van der Waals surface area contributed by atoms with E-state index < -0.39 is 25.4 Å². The second-order valence-corrected chi connectivity index (χ2v) is 14.8. The van der Waals surface area contributed by atoms with Crippen LogP contribution in [-0.2, 0) is 24.4 Å². The molecule has 0 saturated carbocycles. The number of hydrogen-bond donors (Lipinski definition) is 1. The number of ether oxygens (including phenoxy) is 1. The SMILES string of the molecule is C[Si](C)(C)CCOCn1ccc(=O)n(Cc2nc(C[C@H](O)c3ccc(Cl)cc3)no2)c1=O. The van der Waals surface area contributed by atoms with Crippen LogP contribution in [0, 0.1) is 0 Å². The van der Waals surface area contributed by atoms with E-state index in [2.05, 4.69) is 29.8 Å². The summed E-state index contributed by atoms with van der Waals surface area (Å²) >= 11 is 5.86. The Hall–Kier alpha value is -2.53. The number of halogens is 1. The topological polar surface area (TPSA) is 112 Å². The van der Waals surface area contributed by atoms with Crippen molar-refractivity contribution in [3.63, 3.8) is 0 Å². The first kappa shape index (κ1) is 24.1. The van der Waals surface area contributed by atoms with E-state index in [0.29, 0.717) is 17.2 Å². The van der Waals surface area contributed by atoms with E-state index >= 15 is 0 Å². The van der Waals surface area contributed by atoms with Gasteiger partial charge in [-0.2, -0.15) is 4.98 Å². The van der Waals surface area contributed by atoms with E-state index in [9.17, 15) is 14.7 Å². The van der Waals surface area contributed by atoms with Gasteiger partial charge in [-0.3, -0.25) is 13.9 Å². The van der Waals surface area contributed by atoms with Gasteiger partial charge < -0.3 is 14.4 Å². The average Bonchev–Trinajstić information content (AvgIpc) is 3.16. The zero-order valence-corrected chi connectivity index (χ0v) is 20.1. The van der Waals surface area contributed by atoms with Crippen molar-refractivity contribution in [1.82, 2.24) is 19.3 Å². The van der Waals surface area contributed by atoms with Crippen LogP contribution in [-0.4, -0.2) is 39.1 Å². The molecule has 1 aromatic carbocycles. The summed E-state index contributed by atoms with van der Waals surface area (Å²) in [6.07, 6.45) is 0.684. The molecule has 3 aromatic rings. The average molecular weight is 479 g/mol. The summed E-state index contributed by atoms with van der Waals surface area (Å²) < 4.78 is 13.1. The molecule has 2 heterocycles. The Morgan fingerprint density at radius 3 is 2.59 bits per heavy atom. The van der Waals surface area contributed by atoms with E-state index in [1.807, 2.05) is 0 Å². The van der Waals surface area contributed by atoms with Crippen molar-refractivity contribution in [3.8, 4) is 0 Å². The lowest BCUT2D eigenvalue weighted by Crippen LogP contribution is -2.39. The van der Waals surface area contributed by atoms with Crippen LogP contribution in [0.1, 0.15) is 23.4 Å². The molecule has 11 heteroatoms. The lowest BCUT2D eigenvalue weighted by atomic mass is 10.1. The van der Waals surface area contributed by atoms with E-state index in [0.717, 1.165) is 10.6 Å². The summed E-state index contributed by atoms with van der Waals surface area (Å²) in [6, 6.07) is 9.07. The predicted molar refractivity (Wildman–Crippen MR) is 123 cm³/mol. The summed E-state index contributed by atoms with van der Waals surface area (Å²) in [5, 5.41) is 14.8. The second kappa shape index (κ2) is 10.4. The highest BCUT2D eigenvalue weighted by Gasteiger charge is 2.16. The Morgan fingerprint density at radius 1 is 1.19 bits per heavy atom. The van der Waals surface area contributed by atoms with Crippen molar-refractivity contribution in [1.29, 1.82) is 0 Å². The van der Waals surface area contributed by atoms with Gasteiger partial charge in [-0.1, -0.05) is 48.5 Å². The normalized spacial score (nSPS) is 12.8. The maximum atomic E-state index is 12.7. The van der Waals surface area contributed by atoms with Crippen LogP contribution in [0.25, 0.3) is 0 Å². The van der Waals surface area contributed by atoms with E-state index in [1.54, 1.807) is 24.3 Å². The summed E-state index contributed by atoms with van der Waals surface area (Å²) in [4.78, 5) is 29.1. The van der Waals surface area contributed by atoms with Crippen LogP contribution >= 0.6 is 11.6 Å². The highest BCUT2D eigenvalue weighted by atomic mass is 35.5. The Labute approximate surface area is 191 Å². The van der Waals surface area contributed by atoms with Crippen LogP contribution in [0.3, 0.4) is 0 Å². The fourth-order valence-corrected chi connectivity index (χ4v) is 3.77. The maximum Gasteiger partial charge on any atom is 0.333 e. The molecule has 0 bridgehead atoms. The monoisotopic (exact) mass is 478 g/mol. The van der Waals surface area contributed by atoms with Gasteiger partial charge in [-0.15, -0.1) is 0 Å². The minimum atomic E-state index is -1.23. The molecule has 3 rings (SSSR count). The summed E-state index contributed by atoms with van der Waals surface area (Å²) in [5.41, 5.74) is -0.335. The standard InChI is InChI=1S/C21H27ClN4O5Si/c1-32(2,3)11-10-30-14-25-9-8-20(28)26(21(25)29)13-19-23-18(24-31-19)12-17(27)15-4-6-16(22)7-5-15/h4-9,17,27H,10-14H2,1-3H3/t17-/m0/s1. The Morgan fingerprint density at radius 2 is 1.91 bits per heavy atom. The fraction of sp³-hybridized carbons (Fsp3) is 0.429. The molecular weight excluding hydrogens is 452 g/mol. The molecule has 0 radical (unpaired) electrons. The molecule has 0 saturated heterocycles. The molecule has 9 nitrogen and oxygen atoms in total. The molecule has 32 heavy (non-hydrogen) atoms. The van der Waals surface area contributed by atoms with Crippen molar-refractivity contribution in [2.45, 2.75) is 51.5 Å². The van der Waals surface area contributed by atoms with Crippen LogP contribution in [0.15, 0.2) is 50.6 Å². The third kappa shape index (κ3) is 6.73. The molecule has 0 unspecified atom stereocenters. The predicted octanol–water partition coefficient (Wildman–Crippen LogP) is 2.68. The molecule has 1 N–H and O–H groups in total. The number of hydrogen-bond acceptors (Lipinski definition) is 7. The molecular formula is C21H27ClN4O5Si. The zero-order chi connectivity index (χ0) is 23.3. The number of aromatic nitrogens is 4. The third-order valence-corrected chi connectivity index (χ3v) is 6.76. The molecule has 1 atom stereocenters. The second-order valence-electron chi connectivity index (χ2n) is 8.72. The Balaban J connectivity index is 1.66. The molecule has 0 fully saturated rings. The first-order valence-electron chi connectivity index (χ1n) is 10.3. The van der Waals surface area contributed by atoms with E-state index in [-0.39, 0.29) is 31.4 Å². The van der Waals surface area contributed by atoms with Gasteiger partial charge in [0, 0.05) is 38.4 Å².